The lowest BCUT2D eigenvalue weighted by atomic mass is 9.62. The van der Waals surface area contributed by atoms with E-state index in [1.807, 2.05) is 6.07 Å². The maximum atomic E-state index is 6.32. The second-order valence-corrected chi connectivity index (χ2v) is 9.03. The highest BCUT2D eigenvalue weighted by atomic mass is 16.5. The van der Waals surface area contributed by atoms with Crippen LogP contribution in [-0.4, -0.2) is 45.3 Å². The molecule has 28 heavy (non-hydrogen) atoms. The largest absolute Gasteiger partial charge is 0.497 e. The third-order valence-electron chi connectivity index (χ3n) is 6.62. The molecule has 4 heteroatoms. The lowest BCUT2D eigenvalue weighted by Gasteiger charge is -2.41. The Kier molecular flexibility index (Phi) is 5.11. The summed E-state index contributed by atoms with van der Waals surface area (Å²) in [6.07, 6.45) is 0. The van der Waals surface area contributed by atoms with Crippen LogP contribution in [0.25, 0.3) is 0 Å². The third kappa shape index (κ3) is 3.29. The number of ether oxygens (including phenoxy) is 2. The Morgan fingerprint density at radius 2 is 1.96 bits per heavy atom. The summed E-state index contributed by atoms with van der Waals surface area (Å²) in [5.74, 6) is 2.40. The highest BCUT2D eigenvalue weighted by Gasteiger charge is 2.55. The fourth-order valence-corrected chi connectivity index (χ4v) is 5.34. The first-order valence-corrected chi connectivity index (χ1v) is 10.2. The predicted octanol–water partition coefficient (Wildman–Crippen LogP) is 3.70. The van der Waals surface area contributed by atoms with E-state index in [4.69, 9.17) is 9.47 Å². The molecule has 2 aliphatic rings. The van der Waals surface area contributed by atoms with Gasteiger partial charge < -0.3 is 14.8 Å². The summed E-state index contributed by atoms with van der Waals surface area (Å²) in [7, 11) is 3.80. The van der Waals surface area contributed by atoms with Gasteiger partial charge in [0.05, 0.1) is 13.7 Å². The molecule has 0 radical (unpaired) electrons. The van der Waals surface area contributed by atoms with Gasteiger partial charge in [0.2, 0.25) is 0 Å². The lowest BCUT2D eigenvalue weighted by Crippen LogP contribution is -2.48. The molecule has 2 atom stereocenters. The highest BCUT2D eigenvalue weighted by molar-refractivity contribution is 5.48. The van der Waals surface area contributed by atoms with Gasteiger partial charge in [0.15, 0.2) is 0 Å². The van der Waals surface area contributed by atoms with E-state index in [1.165, 1.54) is 11.1 Å². The second-order valence-electron chi connectivity index (χ2n) is 9.03. The number of methoxy groups -OCH3 is 1. The maximum Gasteiger partial charge on any atom is 0.123 e. The number of rotatable bonds is 5. The average Bonchev–Trinajstić information content (AvgIpc) is 3.03. The molecule has 2 heterocycles. The minimum atomic E-state index is -0.00654. The average molecular weight is 381 g/mol. The van der Waals surface area contributed by atoms with Gasteiger partial charge in [0.25, 0.3) is 0 Å². The van der Waals surface area contributed by atoms with Crippen molar-refractivity contribution in [1.29, 1.82) is 0 Å². The first kappa shape index (κ1) is 19.3. The summed E-state index contributed by atoms with van der Waals surface area (Å²) in [6.45, 7) is 9.45. The molecule has 150 valence electrons. The fraction of sp³-hybridized carbons (Fsp3) is 0.500. The van der Waals surface area contributed by atoms with Crippen LogP contribution in [0.2, 0.25) is 0 Å². The van der Waals surface area contributed by atoms with Crippen LogP contribution in [-0.2, 0) is 12.0 Å². The van der Waals surface area contributed by atoms with Gasteiger partial charge in [-0.05, 0) is 36.7 Å². The summed E-state index contributed by atoms with van der Waals surface area (Å²) in [4.78, 5) is 2.62. The van der Waals surface area contributed by atoms with Crippen LogP contribution >= 0.6 is 0 Å². The van der Waals surface area contributed by atoms with Crippen molar-refractivity contribution in [3.8, 4) is 11.5 Å². The van der Waals surface area contributed by atoms with Gasteiger partial charge in [-0.25, -0.2) is 0 Å². The Morgan fingerprint density at radius 1 is 1.18 bits per heavy atom. The Bertz CT molecular complexity index is 821. The van der Waals surface area contributed by atoms with Crippen LogP contribution in [0.4, 0.5) is 0 Å². The molecular formula is C24H32N2O2. The van der Waals surface area contributed by atoms with Gasteiger partial charge in [-0.15, -0.1) is 0 Å². The zero-order chi connectivity index (χ0) is 19.8. The van der Waals surface area contributed by atoms with Crippen molar-refractivity contribution < 1.29 is 9.47 Å². The van der Waals surface area contributed by atoms with Crippen molar-refractivity contribution in [2.45, 2.75) is 25.8 Å². The summed E-state index contributed by atoms with van der Waals surface area (Å²) in [5.41, 5.74) is 2.73. The Labute approximate surface area is 168 Å². The molecule has 0 bridgehead atoms. The maximum absolute atomic E-state index is 6.32. The summed E-state index contributed by atoms with van der Waals surface area (Å²) in [6, 6.07) is 17.1. The number of nitrogens with zero attached hydrogens (tertiary/aromatic N) is 1. The number of nitrogens with one attached hydrogen (secondary N) is 1. The van der Waals surface area contributed by atoms with Crippen LogP contribution in [0, 0.1) is 11.3 Å². The monoisotopic (exact) mass is 380 g/mol. The molecule has 0 aromatic heterocycles. The molecule has 1 N–H and O–H groups in total. The van der Waals surface area contributed by atoms with Crippen LogP contribution < -0.4 is 14.8 Å². The zero-order valence-corrected chi connectivity index (χ0v) is 17.5. The van der Waals surface area contributed by atoms with Crippen LogP contribution in [0.1, 0.15) is 25.0 Å². The van der Waals surface area contributed by atoms with Crippen molar-refractivity contribution in [3.63, 3.8) is 0 Å². The molecule has 4 rings (SSSR count). The molecule has 4 nitrogen and oxygen atoms in total. The number of hydrogen-bond donors (Lipinski definition) is 1. The molecule has 0 aliphatic carbocycles. The molecule has 0 amide bonds. The van der Waals surface area contributed by atoms with Crippen LogP contribution in [0.5, 0.6) is 11.5 Å². The third-order valence-corrected chi connectivity index (χ3v) is 6.62. The Balaban J connectivity index is 1.78. The minimum Gasteiger partial charge on any atom is -0.497 e. The molecule has 2 aromatic rings. The molecule has 1 saturated heterocycles. The first-order chi connectivity index (χ1) is 13.5. The number of likely N-dealkylation sites (tertiary alicyclic amines) is 1. The van der Waals surface area contributed by atoms with E-state index in [0.717, 1.165) is 44.3 Å². The lowest BCUT2D eigenvalue weighted by molar-refractivity contribution is 0.0977. The van der Waals surface area contributed by atoms with Gasteiger partial charge in [-0.2, -0.15) is 0 Å². The number of benzene rings is 2. The molecule has 1 fully saturated rings. The predicted molar refractivity (Wildman–Crippen MR) is 113 cm³/mol. The molecule has 2 aliphatic heterocycles. The fourth-order valence-electron chi connectivity index (χ4n) is 5.34. The number of fused-ring (bicyclic) bond motifs is 3. The Hall–Kier alpha value is -2.04. The zero-order valence-electron chi connectivity index (χ0n) is 17.5. The summed E-state index contributed by atoms with van der Waals surface area (Å²) < 4.78 is 11.9. The molecule has 0 unspecified atom stereocenters. The molecular weight excluding hydrogens is 348 g/mol. The number of hydrogen-bond acceptors (Lipinski definition) is 4. The normalized spacial score (nSPS) is 26.1. The quantitative estimate of drug-likeness (QED) is 0.858. The van der Waals surface area contributed by atoms with E-state index in [1.54, 1.807) is 7.11 Å². The standard InChI is InChI=1S/C24H32N2O2/c1-23(2)17-28-21-11-10-19(27-4)12-20(21)24(15-25-3)16-26(14-22(23)24)13-18-8-6-5-7-9-18/h5-12,22,25H,13-17H2,1-4H3/t22-,24+/m1/s1. The van der Waals surface area contributed by atoms with Crippen LogP contribution in [0.15, 0.2) is 48.5 Å². The molecule has 2 aromatic carbocycles. The van der Waals surface area contributed by atoms with Gasteiger partial charge in [0.1, 0.15) is 11.5 Å². The minimum absolute atomic E-state index is 0.00654. The highest BCUT2D eigenvalue weighted by Crippen LogP contribution is 2.53. The molecule has 0 spiro atoms. The van der Waals surface area contributed by atoms with Crippen LogP contribution in [0.3, 0.4) is 0 Å². The van der Waals surface area contributed by atoms with Gasteiger partial charge in [-0.1, -0.05) is 44.2 Å². The van der Waals surface area contributed by atoms with E-state index < -0.39 is 0 Å². The van der Waals surface area contributed by atoms with Gasteiger partial charge in [-0.3, -0.25) is 4.90 Å². The van der Waals surface area contributed by atoms with Crippen molar-refractivity contribution in [2.24, 2.45) is 11.3 Å². The molecule has 0 saturated carbocycles. The van der Waals surface area contributed by atoms with E-state index in [2.05, 4.69) is 73.6 Å². The smallest absolute Gasteiger partial charge is 0.123 e. The van der Waals surface area contributed by atoms with Gasteiger partial charge >= 0.3 is 0 Å². The Morgan fingerprint density at radius 3 is 2.68 bits per heavy atom. The summed E-state index contributed by atoms with van der Waals surface area (Å²) in [5, 5.41) is 3.50. The van der Waals surface area contributed by atoms with Crippen molar-refractivity contribution in [2.75, 3.05) is 40.4 Å². The summed E-state index contributed by atoms with van der Waals surface area (Å²) >= 11 is 0. The SMILES string of the molecule is CNC[C@@]12CN(Cc3ccccc3)C[C@@H]1C(C)(C)COc1ccc(OC)cc12. The second kappa shape index (κ2) is 7.41. The topological polar surface area (TPSA) is 33.7 Å². The number of likely N-dealkylation sites (N-methyl/N-ethyl adjacent to an activating group) is 1. The van der Waals surface area contributed by atoms with Gasteiger partial charge in [0, 0.05) is 42.6 Å². The van der Waals surface area contributed by atoms with E-state index in [-0.39, 0.29) is 10.8 Å². The van der Waals surface area contributed by atoms with Crippen molar-refractivity contribution >= 4 is 0 Å². The van der Waals surface area contributed by atoms with E-state index in [9.17, 15) is 0 Å². The first-order valence-electron chi connectivity index (χ1n) is 10.2. The van der Waals surface area contributed by atoms with E-state index in [0.29, 0.717) is 5.92 Å². The van der Waals surface area contributed by atoms with Crippen molar-refractivity contribution in [3.05, 3.63) is 59.7 Å². The van der Waals surface area contributed by atoms with Crippen molar-refractivity contribution in [1.82, 2.24) is 10.2 Å². The van der Waals surface area contributed by atoms with E-state index >= 15 is 0 Å².